The molecular formula is C9H9BrN4OS. The molecule has 2 aromatic heterocycles. The fraction of sp³-hybridized carbons (Fsp3) is 0.222. The van der Waals surface area contributed by atoms with Crippen molar-refractivity contribution >= 4 is 38.2 Å². The zero-order valence-electron chi connectivity index (χ0n) is 8.67. The van der Waals surface area contributed by atoms with Crippen LogP contribution in [0.25, 0.3) is 0 Å². The lowest BCUT2D eigenvalue weighted by molar-refractivity contribution is 1.10. The van der Waals surface area contributed by atoms with E-state index in [1.54, 1.807) is 0 Å². The van der Waals surface area contributed by atoms with Crippen LogP contribution >= 0.6 is 27.3 Å². The number of rotatable bonds is 2. The second-order valence-electron chi connectivity index (χ2n) is 3.18. The number of aryl methyl sites for hydroxylation is 2. The third-order valence-electron chi connectivity index (χ3n) is 2.05. The molecule has 0 aliphatic rings. The fourth-order valence-electron chi connectivity index (χ4n) is 1.10. The molecule has 0 unspecified atom stereocenters. The SMILES string of the molecule is Cc1nc(Nc2nc[nH]c(=O)c2Br)sc1C. The summed E-state index contributed by atoms with van der Waals surface area (Å²) in [5.41, 5.74) is 0.760. The van der Waals surface area contributed by atoms with Crippen molar-refractivity contribution in [3.63, 3.8) is 0 Å². The molecule has 0 amide bonds. The molecule has 2 rings (SSSR count). The fourth-order valence-corrected chi connectivity index (χ4v) is 2.23. The number of halogens is 1. The normalized spacial score (nSPS) is 10.4. The van der Waals surface area contributed by atoms with Gasteiger partial charge in [0.2, 0.25) is 0 Å². The van der Waals surface area contributed by atoms with E-state index in [-0.39, 0.29) is 5.56 Å². The number of anilines is 2. The van der Waals surface area contributed by atoms with Crippen molar-refractivity contribution in [3.05, 3.63) is 31.7 Å². The van der Waals surface area contributed by atoms with E-state index in [1.165, 1.54) is 17.7 Å². The predicted molar refractivity (Wildman–Crippen MR) is 67.4 cm³/mol. The summed E-state index contributed by atoms with van der Waals surface area (Å²) in [6.45, 7) is 3.94. The van der Waals surface area contributed by atoms with E-state index in [0.717, 1.165) is 15.7 Å². The van der Waals surface area contributed by atoms with E-state index < -0.39 is 0 Å². The first kappa shape index (κ1) is 11.3. The van der Waals surface area contributed by atoms with Gasteiger partial charge in [-0.25, -0.2) is 9.97 Å². The van der Waals surface area contributed by atoms with Crippen LogP contribution in [-0.2, 0) is 0 Å². The highest BCUT2D eigenvalue weighted by Crippen LogP contribution is 2.25. The van der Waals surface area contributed by atoms with Crippen molar-refractivity contribution in [1.29, 1.82) is 0 Å². The Morgan fingerprint density at radius 1 is 1.50 bits per heavy atom. The minimum atomic E-state index is -0.220. The minimum Gasteiger partial charge on any atom is -0.315 e. The quantitative estimate of drug-likeness (QED) is 0.893. The van der Waals surface area contributed by atoms with Gasteiger partial charge in [-0.05, 0) is 29.8 Å². The maximum atomic E-state index is 11.3. The maximum absolute atomic E-state index is 11.3. The molecule has 0 radical (unpaired) electrons. The number of hydrogen-bond donors (Lipinski definition) is 2. The van der Waals surface area contributed by atoms with Gasteiger partial charge in [0.1, 0.15) is 4.47 Å². The van der Waals surface area contributed by atoms with Gasteiger partial charge in [0, 0.05) is 4.88 Å². The molecule has 2 aromatic rings. The van der Waals surface area contributed by atoms with Crippen LogP contribution in [-0.4, -0.2) is 15.0 Å². The lowest BCUT2D eigenvalue weighted by Gasteiger charge is -2.01. The number of thiazole rings is 1. The van der Waals surface area contributed by atoms with Crippen LogP contribution in [0, 0.1) is 13.8 Å². The van der Waals surface area contributed by atoms with E-state index in [2.05, 4.69) is 36.2 Å². The zero-order valence-corrected chi connectivity index (χ0v) is 11.1. The molecule has 2 heterocycles. The molecule has 5 nitrogen and oxygen atoms in total. The van der Waals surface area contributed by atoms with Crippen molar-refractivity contribution in [2.75, 3.05) is 5.32 Å². The first-order valence-corrected chi connectivity index (χ1v) is 6.13. The van der Waals surface area contributed by atoms with Crippen LogP contribution in [0.15, 0.2) is 15.6 Å². The summed E-state index contributed by atoms with van der Waals surface area (Å²) in [6, 6.07) is 0. The van der Waals surface area contributed by atoms with Crippen LogP contribution in [0.1, 0.15) is 10.6 Å². The number of aromatic amines is 1. The van der Waals surface area contributed by atoms with Crippen LogP contribution in [0.3, 0.4) is 0 Å². The number of hydrogen-bond acceptors (Lipinski definition) is 5. The Balaban J connectivity index is 2.34. The molecule has 2 N–H and O–H groups in total. The molecule has 0 aliphatic carbocycles. The summed E-state index contributed by atoms with van der Waals surface area (Å²) in [5.74, 6) is 0.470. The van der Waals surface area contributed by atoms with Crippen LogP contribution in [0.5, 0.6) is 0 Å². The van der Waals surface area contributed by atoms with Gasteiger partial charge in [0.05, 0.1) is 12.0 Å². The van der Waals surface area contributed by atoms with Gasteiger partial charge in [-0.3, -0.25) is 4.79 Å². The average molecular weight is 301 g/mol. The molecule has 16 heavy (non-hydrogen) atoms. The summed E-state index contributed by atoms with van der Waals surface area (Å²) < 4.78 is 0.375. The number of aromatic nitrogens is 3. The molecule has 0 aromatic carbocycles. The average Bonchev–Trinajstić information content (AvgIpc) is 2.54. The highest BCUT2D eigenvalue weighted by atomic mass is 79.9. The van der Waals surface area contributed by atoms with E-state index in [1.807, 2.05) is 13.8 Å². The molecule has 0 fully saturated rings. The summed E-state index contributed by atoms with van der Waals surface area (Å²) in [6.07, 6.45) is 1.35. The minimum absolute atomic E-state index is 0.220. The lowest BCUT2D eigenvalue weighted by Crippen LogP contribution is -2.09. The second kappa shape index (κ2) is 4.34. The van der Waals surface area contributed by atoms with E-state index in [4.69, 9.17) is 0 Å². The first-order valence-electron chi connectivity index (χ1n) is 4.52. The van der Waals surface area contributed by atoms with Gasteiger partial charge in [-0.15, -0.1) is 11.3 Å². The van der Waals surface area contributed by atoms with Gasteiger partial charge >= 0.3 is 0 Å². The molecule has 0 atom stereocenters. The van der Waals surface area contributed by atoms with Crippen LogP contribution in [0.2, 0.25) is 0 Å². The third-order valence-corrected chi connectivity index (χ3v) is 3.77. The highest BCUT2D eigenvalue weighted by Gasteiger charge is 2.08. The maximum Gasteiger partial charge on any atom is 0.267 e. The number of nitrogens with zero attached hydrogens (tertiary/aromatic N) is 2. The topological polar surface area (TPSA) is 70.7 Å². The molecule has 7 heteroatoms. The van der Waals surface area contributed by atoms with Crippen molar-refractivity contribution in [3.8, 4) is 0 Å². The molecule has 84 valence electrons. The van der Waals surface area contributed by atoms with Crippen LogP contribution < -0.4 is 10.9 Å². The van der Waals surface area contributed by atoms with E-state index >= 15 is 0 Å². The molecular weight excluding hydrogens is 292 g/mol. The Hall–Kier alpha value is -1.21. The Labute approximate surface area is 104 Å². The molecule has 0 bridgehead atoms. The van der Waals surface area contributed by atoms with Gasteiger partial charge in [-0.2, -0.15) is 0 Å². The predicted octanol–water partition coefficient (Wildman–Crippen LogP) is 2.35. The van der Waals surface area contributed by atoms with Crippen molar-refractivity contribution in [1.82, 2.24) is 15.0 Å². The van der Waals surface area contributed by atoms with Gasteiger partial charge in [0.15, 0.2) is 10.9 Å². The Morgan fingerprint density at radius 3 is 2.88 bits per heavy atom. The van der Waals surface area contributed by atoms with Crippen molar-refractivity contribution in [2.45, 2.75) is 13.8 Å². The van der Waals surface area contributed by atoms with Crippen molar-refractivity contribution < 1.29 is 0 Å². The largest absolute Gasteiger partial charge is 0.315 e. The smallest absolute Gasteiger partial charge is 0.267 e. The number of nitrogens with one attached hydrogen (secondary N) is 2. The summed E-state index contributed by atoms with van der Waals surface area (Å²) in [4.78, 5) is 23.3. The zero-order chi connectivity index (χ0) is 11.7. The van der Waals surface area contributed by atoms with Gasteiger partial charge in [0.25, 0.3) is 5.56 Å². The summed E-state index contributed by atoms with van der Waals surface area (Å²) >= 11 is 4.70. The molecule has 0 saturated carbocycles. The third kappa shape index (κ3) is 2.14. The lowest BCUT2D eigenvalue weighted by atomic mass is 10.4. The van der Waals surface area contributed by atoms with E-state index in [9.17, 15) is 4.79 Å². The summed E-state index contributed by atoms with van der Waals surface area (Å²) in [5, 5.41) is 3.73. The Morgan fingerprint density at radius 2 is 2.25 bits per heavy atom. The van der Waals surface area contributed by atoms with Gasteiger partial charge in [-0.1, -0.05) is 0 Å². The Bertz CT molecular complexity index is 558. The molecule has 0 aliphatic heterocycles. The first-order chi connectivity index (χ1) is 7.58. The molecule has 0 spiro atoms. The highest BCUT2D eigenvalue weighted by molar-refractivity contribution is 9.10. The van der Waals surface area contributed by atoms with E-state index in [0.29, 0.717) is 10.3 Å². The molecule has 0 saturated heterocycles. The standard InChI is InChI=1S/C9H9BrN4OS/c1-4-5(2)16-9(13-4)14-7-6(10)8(15)12-3-11-7/h3H,1-2H3,(H2,11,12,13,14,15). The Kier molecular flexibility index (Phi) is 3.06. The van der Waals surface area contributed by atoms with Gasteiger partial charge < -0.3 is 10.3 Å². The number of H-pyrrole nitrogens is 1. The summed E-state index contributed by atoms with van der Waals surface area (Å²) in [7, 11) is 0. The van der Waals surface area contributed by atoms with Crippen molar-refractivity contribution in [2.24, 2.45) is 0 Å². The monoisotopic (exact) mass is 300 g/mol. The van der Waals surface area contributed by atoms with Crippen LogP contribution in [0.4, 0.5) is 10.9 Å². The second-order valence-corrected chi connectivity index (χ2v) is 5.18.